The lowest BCUT2D eigenvalue weighted by molar-refractivity contribution is -0.112. The Labute approximate surface area is 473 Å². The van der Waals surface area contributed by atoms with Gasteiger partial charge in [0.15, 0.2) is 0 Å². The average Bonchev–Trinajstić information content (AvgIpc) is 3.43. The van der Waals surface area contributed by atoms with Gasteiger partial charge < -0.3 is 0 Å². The maximum Gasteiger partial charge on any atom is 0.237 e. The number of benzene rings is 8. The number of Topliss-reactive ketones (excluding diaryl/α,β-unsaturated/α-hetero) is 1. The third kappa shape index (κ3) is 12.2. The summed E-state index contributed by atoms with van der Waals surface area (Å²) in [6.07, 6.45) is 3.46. The number of hydrogen-bond donors (Lipinski definition) is 0. The van der Waals surface area contributed by atoms with E-state index in [9.17, 15) is 0 Å². The highest BCUT2D eigenvalue weighted by atomic mass is 16.1. The maximum absolute atomic E-state index is 16.3. The molecule has 400 valence electrons. The fourth-order valence-corrected chi connectivity index (χ4v) is 10.5. The molecule has 9 heteroatoms. The molecule has 10 rings (SSSR count). The third-order valence-corrected chi connectivity index (χ3v) is 14.5. The first-order valence-electron chi connectivity index (χ1n) is 27.7. The number of carbonyl (C=O) groups excluding carboxylic acids is 1. The van der Waals surface area contributed by atoms with Gasteiger partial charge in [-0.3, -0.25) is 24.4 Å². The number of carbonyl (C=O) groups is 1. The Morgan fingerprint density at radius 3 is 1.02 bits per heavy atom. The largest absolute Gasteiger partial charge is 0.298 e. The van der Waals surface area contributed by atoms with Crippen molar-refractivity contribution in [3.05, 3.63) is 262 Å². The Bertz CT molecular complexity index is 3660. The van der Waals surface area contributed by atoms with E-state index in [0.29, 0.717) is 31.2 Å². The predicted octanol–water partition coefficient (Wildman–Crippen LogP) is 17.9. The molecule has 0 N–H and O–H groups in total. The molecule has 1 atom stereocenters. The van der Waals surface area contributed by atoms with Crippen molar-refractivity contribution in [2.24, 2.45) is 25.9 Å². The Hall–Kier alpha value is -9.21. The monoisotopic (exact) mass is 1050 g/mol. The number of ketones is 1. The number of nitrogens with zero attached hydrogens (tertiary/aromatic N) is 8. The van der Waals surface area contributed by atoms with E-state index in [1.807, 2.05) is 13.0 Å². The van der Waals surface area contributed by atoms with Crippen LogP contribution < -0.4 is 19.6 Å². The Morgan fingerprint density at radius 2 is 0.688 bits per heavy atom. The molecule has 2 heterocycles. The van der Waals surface area contributed by atoms with Crippen molar-refractivity contribution in [1.82, 2.24) is 0 Å². The molecule has 0 bridgehead atoms. The topological polar surface area (TPSA) is 79.5 Å². The van der Waals surface area contributed by atoms with Crippen LogP contribution >= 0.6 is 0 Å². The Morgan fingerprint density at radius 1 is 0.375 bits per heavy atom. The van der Waals surface area contributed by atoms with Crippen LogP contribution in [0, 0.1) is 61.3 Å². The van der Waals surface area contributed by atoms with Crippen molar-refractivity contribution in [3.8, 4) is 0 Å². The molecule has 0 amide bonds. The lowest BCUT2D eigenvalue weighted by Gasteiger charge is -2.33. The van der Waals surface area contributed by atoms with Gasteiger partial charge in [-0.2, -0.15) is 9.98 Å². The second kappa shape index (κ2) is 23.8. The van der Waals surface area contributed by atoms with E-state index in [4.69, 9.17) is 20.0 Å². The van der Waals surface area contributed by atoms with Crippen LogP contribution in [-0.4, -0.2) is 29.4 Å². The molecule has 2 aliphatic heterocycles. The first-order chi connectivity index (χ1) is 38.6. The van der Waals surface area contributed by atoms with Crippen LogP contribution in [0.15, 0.2) is 237 Å². The van der Waals surface area contributed by atoms with Crippen LogP contribution in [0.1, 0.15) is 77.6 Å². The lowest BCUT2D eigenvalue weighted by Crippen LogP contribution is -2.36. The van der Waals surface area contributed by atoms with Crippen molar-refractivity contribution >= 4 is 74.9 Å². The number of aliphatic imine (C=N–C) groups is 4. The molecule has 2 aliphatic rings. The molecule has 80 heavy (non-hydrogen) atoms. The SMILES string of the molecule is CC1=C(C(=O)/C2=C\CC(C)C(N(c3cccc(C)c3)c3cccc(C)c3)=NC(N(c3cccc(C)c3)c3cccc(C)c3)=N2)N=C(N(c2cccc(C)c2)c2cccc(C)c2)N=C(N(c2cccc(C)c2)c2cccc(C)c2)CC1. The molecular formula is C71H70N8O. The van der Waals surface area contributed by atoms with E-state index < -0.39 is 0 Å². The van der Waals surface area contributed by atoms with Crippen LogP contribution in [0.4, 0.5) is 45.5 Å². The second-order valence-electron chi connectivity index (χ2n) is 21.6. The highest BCUT2D eigenvalue weighted by Gasteiger charge is 2.32. The molecule has 0 saturated heterocycles. The van der Waals surface area contributed by atoms with Crippen molar-refractivity contribution in [3.63, 3.8) is 0 Å². The highest BCUT2D eigenvalue weighted by molar-refractivity contribution is 6.20. The second-order valence-corrected chi connectivity index (χ2v) is 21.6. The number of rotatable bonds is 10. The van der Waals surface area contributed by atoms with Gasteiger partial charge in [0.1, 0.15) is 23.1 Å². The maximum atomic E-state index is 16.3. The Balaban J connectivity index is 1.22. The fraction of sp³-hybridized carbons (Fsp3) is 0.197. The zero-order valence-corrected chi connectivity index (χ0v) is 47.7. The normalized spacial score (nSPS) is 15.4. The van der Waals surface area contributed by atoms with Gasteiger partial charge >= 0.3 is 0 Å². The molecular weight excluding hydrogens is 981 g/mol. The van der Waals surface area contributed by atoms with Gasteiger partial charge in [0.2, 0.25) is 17.7 Å². The summed E-state index contributed by atoms with van der Waals surface area (Å²) in [6.45, 7) is 21.0. The van der Waals surface area contributed by atoms with Crippen LogP contribution in [0.5, 0.6) is 0 Å². The quantitative estimate of drug-likeness (QED) is 0.136. The minimum atomic E-state index is -0.313. The zero-order valence-electron chi connectivity index (χ0n) is 47.7. The minimum absolute atomic E-state index is 0.202. The number of hydrogen-bond acceptors (Lipinski definition) is 9. The van der Waals surface area contributed by atoms with Gasteiger partial charge in [-0.15, -0.1) is 0 Å². The van der Waals surface area contributed by atoms with E-state index >= 15 is 4.79 Å². The highest BCUT2D eigenvalue weighted by Crippen LogP contribution is 2.38. The minimum Gasteiger partial charge on any atom is -0.298 e. The van der Waals surface area contributed by atoms with Gasteiger partial charge in [-0.05, 0) is 222 Å². The van der Waals surface area contributed by atoms with Crippen LogP contribution in [0.25, 0.3) is 0 Å². The number of aryl methyl sites for hydroxylation is 8. The molecule has 0 spiro atoms. The zero-order chi connectivity index (χ0) is 56.0. The molecule has 0 aliphatic carbocycles. The molecule has 0 saturated carbocycles. The lowest BCUT2D eigenvalue weighted by atomic mass is 9.99. The van der Waals surface area contributed by atoms with Crippen LogP contribution in [0.2, 0.25) is 0 Å². The molecule has 8 aromatic carbocycles. The molecule has 0 aromatic heterocycles. The van der Waals surface area contributed by atoms with E-state index in [-0.39, 0.29) is 23.1 Å². The predicted molar refractivity (Wildman–Crippen MR) is 337 cm³/mol. The standard InChI is InChI=1S/C71H70N8O/c1-47-19-11-27-57(39-47)76(58-28-12-20-48(2)40-58)66-38-36-55(9)67(74-71(73-66)79(63-33-17-25-53(7)45-63)64-34-18-26-54(8)46-64)68(80)65-37-35-56(10)69(77(59-29-13-21-49(3)41-59)60-30-14-22-50(4)42-60)75-70(72-65)78(61-31-15-23-51(5)43-61)62-32-16-24-52(6)44-62/h11-34,37,39-46,56H,35-36,38H2,1-10H3/b65-37+,67-55?,72-70?,73-66?,74-71?,75-69?. The number of amidine groups is 2. The molecule has 0 fully saturated rings. The van der Waals surface area contributed by atoms with Gasteiger partial charge in [-0.25, -0.2) is 9.98 Å². The summed E-state index contributed by atoms with van der Waals surface area (Å²) in [5, 5.41) is 0. The third-order valence-electron chi connectivity index (χ3n) is 14.5. The summed E-state index contributed by atoms with van der Waals surface area (Å²) >= 11 is 0. The fourth-order valence-electron chi connectivity index (χ4n) is 10.5. The molecule has 9 nitrogen and oxygen atoms in total. The van der Waals surface area contributed by atoms with Crippen molar-refractivity contribution < 1.29 is 4.79 Å². The number of guanidine groups is 2. The van der Waals surface area contributed by atoms with E-state index in [2.05, 4.69) is 276 Å². The molecule has 0 radical (unpaired) electrons. The molecule has 1 unspecified atom stereocenters. The van der Waals surface area contributed by atoms with Crippen molar-refractivity contribution in [2.45, 2.75) is 88.5 Å². The van der Waals surface area contributed by atoms with Crippen molar-refractivity contribution in [2.75, 3.05) is 19.6 Å². The van der Waals surface area contributed by atoms with Crippen LogP contribution in [0.3, 0.4) is 0 Å². The van der Waals surface area contributed by atoms with Gasteiger partial charge in [0, 0.05) is 57.8 Å². The smallest absolute Gasteiger partial charge is 0.237 e. The van der Waals surface area contributed by atoms with Crippen LogP contribution in [-0.2, 0) is 4.79 Å². The van der Waals surface area contributed by atoms with E-state index in [0.717, 1.165) is 107 Å². The van der Waals surface area contributed by atoms with Gasteiger partial charge in [0.05, 0.1) is 0 Å². The number of anilines is 8. The summed E-state index contributed by atoms with van der Waals surface area (Å²) in [5.74, 6) is 1.75. The summed E-state index contributed by atoms with van der Waals surface area (Å²) in [6, 6.07) is 67.6. The molecule has 8 aromatic rings. The van der Waals surface area contributed by atoms with E-state index in [1.165, 1.54) is 0 Å². The summed E-state index contributed by atoms with van der Waals surface area (Å²) in [5.41, 5.74) is 17.5. The van der Waals surface area contributed by atoms with Gasteiger partial charge in [-0.1, -0.05) is 110 Å². The van der Waals surface area contributed by atoms with Gasteiger partial charge in [0.25, 0.3) is 0 Å². The average molecular weight is 1050 g/mol. The number of allylic oxidation sites excluding steroid dienone is 2. The van der Waals surface area contributed by atoms with Crippen molar-refractivity contribution in [1.29, 1.82) is 0 Å². The summed E-state index contributed by atoms with van der Waals surface area (Å²) in [4.78, 5) is 47.5. The summed E-state index contributed by atoms with van der Waals surface area (Å²) in [7, 11) is 0. The first kappa shape index (κ1) is 54.2. The first-order valence-corrected chi connectivity index (χ1v) is 27.7. The Kier molecular flexibility index (Phi) is 16.1. The summed E-state index contributed by atoms with van der Waals surface area (Å²) < 4.78 is 0. The van der Waals surface area contributed by atoms with E-state index in [1.54, 1.807) is 0 Å².